The summed E-state index contributed by atoms with van der Waals surface area (Å²) in [7, 11) is 0. The van der Waals surface area contributed by atoms with Crippen molar-refractivity contribution in [3.63, 3.8) is 0 Å². The summed E-state index contributed by atoms with van der Waals surface area (Å²) in [5, 5.41) is 0. The van der Waals surface area contributed by atoms with E-state index in [-0.39, 0.29) is 28.8 Å². The summed E-state index contributed by atoms with van der Waals surface area (Å²) in [6.45, 7) is 0. The van der Waals surface area contributed by atoms with Crippen molar-refractivity contribution in [1.29, 1.82) is 0 Å². The lowest BCUT2D eigenvalue weighted by molar-refractivity contribution is -0.119. The molecule has 0 aromatic carbocycles. The summed E-state index contributed by atoms with van der Waals surface area (Å²) in [5.41, 5.74) is 9.71. The molecule has 0 aliphatic heterocycles. The Balaban J connectivity index is 0. The molecule has 5 heteroatoms. The first kappa shape index (κ1) is 13.0. The Hall–Kier alpha value is -0.580. The second kappa shape index (κ2) is 7.53. The highest BCUT2D eigenvalue weighted by atomic mass is 79.9. The van der Waals surface area contributed by atoms with Gasteiger partial charge in [-0.15, -0.1) is 17.0 Å². The number of halogens is 1. The van der Waals surface area contributed by atoms with Crippen molar-refractivity contribution in [2.75, 3.05) is 0 Å². The van der Waals surface area contributed by atoms with E-state index in [1.54, 1.807) is 0 Å². The van der Waals surface area contributed by atoms with Gasteiger partial charge in [0.05, 0.1) is 0 Å². The molecular weight excluding hydrogens is 212 g/mol. The predicted octanol–water partition coefficient (Wildman–Crippen LogP) is 0.0953. The van der Waals surface area contributed by atoms with E-state index in [9.17, 15) is 9.59 Å². The van der Waals surface area contributed by atoms with Gasteiger partial charge in [0.1, 0.15) is 0 Å². The Kier molecular flexibility index (Phi) is 8.92. The molecule has 0 bridgehead atoms. The maximum Gasteiger partial charge on any atom is 0.217 e. The number of hydrogen-bond donors (Lipinski definition) is 2. The van der Waals surface area contributed by atoms with Crippen molar-refractivity contribution in [1.82, 2.24) is 0 Å². The lowest BCUT2D eigenvalue weighted by atomic mass is 10.2. The standard InChI is InChI=1S/C6H12N2O2.BrH/c7-5(9)3-1-2-4-6(8)10;/h1-4H2,(H2,7,9)(H2,8,10);1H. The van der Waals surface area contributed by atoms with Gasteiger partial charge >= 0.3 is 0 Å². The number of nitrogens with two attached hydrogens (primary N) is 2. The summed E-state index contributed by atoms with van der Waals surface area (Å²) < 4.78 is 0. The fraction of sp³-hybridized carbons (Fsp3) is 0.667. The van der Waals surface area contributed by atoms with Gasteiger partial charge in [0, 0.05) is 12.8 Å². The largest absolute Gasteiger partial charge is 0.370 e. The number of carbonyl (C=O) groups excluding carboxylic acids is 2. The van der Waals surface area contributed by atoms with Gasteiger partial charge in [-0.2, -0.15) is 0 Å². The molecule has 0 heterocycles. The summed E-state index contributed by atoms with van der Waals surface area (Å²) in [5.74, 6) is -0.658. The summed E-state index contributed by atoms with van der Waals surface area (Å²) in [4.78, 5) is 20.3. The van der Waals surface area contributed by atoms with Crippen LogP contribution in [0.2, 0.25) is 0 Å². The number of unbranched alkanes of at least 4 members (excludes halogenated alkanes) is 1. The van der Waals surface area contributed by atoms with E-state index < -0.39 is 0 Å². The third-order valence-corrected chi connectivity index (χ3v) is 1.10. The average molecular weight is 225 g/mol. The molecule has 2 amide bonds. The molecule has 0 aromatic heterocycles. The Labute approximate surface area is 76.1 Å². The van der Waals surface area contributed by atoms with Gasteiger partial charge in [-0.25, -0.2) is 0 Å². The minimum absolute atomic E-state index is 0. The monoisotopic (exact) mass is 224 g/mol. The zero-order chi connectivity index (χ0) is 7.98. The Morgan fingerprint density at radius 1 is 0.909 bits per heavy atom. The first-order chi connectivity index (χ1) is 4.63. The van der Waals surface area contributed by atoms with Gasteiger partial charge in [-0.3, -0.25) is 9.59 Å². The smallest absolute Gasteiger partial charge is 0.217 e. The lowest BCUT2D eigenvalue weighted by Gasteiger charge is -1.93. The molecule has 0 fully saturated rings. The average Bonchev–Trinajstić information content (AvgIpc) is 1.79. The minimum Gasteiger partial charge on any atom is -0.370 e. The molecule has 0 spiro atoms. The third-order valence-electron chi connectivity index (χ3n) is 1.10. The van der Waals surface area contributed by atoms with E-state index in [4.69, 9.17) is 11.5 Å². The molecule has 4 nitrogen and oxygen atoms in total. The number of rotatable bonds is 5. The SMILES string of the molecule is Br.NC(=O)CCCCC(N)=O. The highest BCUT2D eigenvalue weighted by Gasteiger charge is 1.96. The third kappa shape index (κ3) is 12.6. The molecule has 0 atom stereocenters. The molecule has 0 unspecified atom stereocenters. The fourth-order valence-electron chi connectivity index (χ4n) is 0.598. The zero-order valence-corrected chi connectivity index (χ0v) is 7.92. The van der Waals surface area contributed by atoms with Gasteiger partial charge in [-0.1, -0.05) is 0 Å². The first-order valence-electron chi connectivity index (χ1n) is 3.19. The highest BCUT2D eigenvalue weighted by molar-refractivity contribution is 8.93. The van der Waals surface area contributed by atoms with Crippen LogP contribution in [0.4, 0.5) is 0 Å². The molecule has 0 saturated heterocycles. The van der Waals surface area contributed by atoms with E-state index in [1.165, 1.54) is 0 Å². The van der Waals surface area contributed by atoms with Crippen molar-refractivity contribution < 1.29 is 9.59 Å². The summed E-state index contributed by atoms with van der Waals surface area (Å²) in [6.07, 6.45) is 1.98. The van der Waals surface area contributed by atoms with Crippen LogP contribution in [0.15, 0.2) is 0 Å². The molecule has 0 rings (SSSR count). The molecule has 4 N–H and O–H groups in total. The van der Waals surface area contributed by atoms with Crippen LogP contribution in [0.25, 0.3) is 0 Å². The van der Waals surface area contributed by atoms with Gasteiger partial charge in [0.15, 0.2) is 0 Å². The van der Waals surface area contributed by atoms with Gasteiger partial charge < -0.3 is 11.5 Å². The van der Waals surface area contributed by atoms with Crippen LogP contribution in [0.3, 0.4) is 0 Å². The number of amides is 2. The maximum atomic E-state index is 10.2. The molecule has 0 saturated carbocycles. The number of carbonyl (C=O) groups is 2. The van der Waals surface area contributed by atoms with Gasteiger partial charge in [0.2, 0.25) is 11.8 Å². The molecule has 0 aliphatic rings. The molecule has 66 valence electrons. The predicted molar refractivity (Wildman–Crippen MR) is 47.2 cm³/mol. The Morgan fingerprint density at radius 2 is 1.18 bits per heavy atom. The molecule has 0 radical (unpaired) electrons. The van der Waals surface area contributed by atoms with E-state index in [2.05, 4.69) is 0 Å². The first-order valence-corrected chi connectivity index (χ1v) is 3.19. The highest BCUT2D eigenvalue weighted by Crippen LogP contribution is 1.97. The van der Waals surface area contributed by atoms with Gasteiger partial charge in [-0.05, 0) is 12.8 Å². The normalized spacial score (nSPS) is 8.36. The second-order valence-electron chi connectivity index (χ2n) is 2.14. The molecular formula is C6H13BrN2O2. The van der Waals surface area contributed by atoms with E-state index in [0.29, 0.717) is 25.7 Å². The van der Waals surface area contributed by atoms with E-state index in [0.717, 1.165) is 0 Å². The van der Waals surface area contributed by atoms with E-state index >= 15 is 0 Å². The topological polar surface area (TPSA) is 86.2 Å². The summed E-state index contributed by atoms with van der Waals surface area (Å²) >= 11 is 0. The van der Waals surface area contributed by atoms with Crippen LogP contribution in [0.1, 0.15) is 25.7 Å². The van der Waals surface area contributed by atoms with Crippen molar-refractivity contribution in [3.8, 4) is 0 Å². The Bertz CT molecular complexity index is 123. The van der Waals surface area contributed by atoms with Crippen LogP contribution in [-0.4, -0.2) is 11.8 Å². The maximum absolute atomic E-state index is 10.2. The zero-order valence-electron chi connectivity index (χ0n) is 6.21. The molecule has 0 aliphatic carbocycles. The lowest BCUT2D eigenvalue weighted by Crippen LogP contribution is -2.12. The van der Waals surface area contributed by atoms with E-state index in [1.807, 2.05) is 0 Å². The van der Waals surface area contributed by atoms with Crippen molar-refractivity contribution in [2.24, 2.45) is 11.5 Å². The van der Waals surface area contributed by atoms with Crippen LogP contribution in [0.5, 0.6) is 0 Å². The number of hydrogen-bond acceptors (Lipinski definition) is 2. The van der Waals surface area contributed by atoms with Crippen molar-refractivity contribution in [2.45, 2.75) is 25.7 Å². The van der Waals surface area contributed by atoms with Crippen LogP contribution in [-0.2, 0) is 9.59 Å². The quantitative estimate of drug-likeness (QED) is 0.650. The molecule has 0 aromatic rings. The number of primary amides is 2. The van der Waals surface area contributed by atoms with Crippen LogP contribution in [0, 0.1) is 0 Å². The minimum atomic E-state index is -0.329. The van der Waals surface area contributed by atoms with Gasteiger partial charge in [0.25, 0.3) is 0 Å². The van der Waals surface area contributed by atoms with Crippen LogP contribution < -0.4 is 11.5 Å². The fourth-order valence-corrected chi connectivity index (χ4v) is 0.598. The summed E-state index contributed by atoms with van der Waals surface area (Å²) in [6, 6.07) is 0. The second-order valence-corrected chi connectivity index (χ2v) is 2.14. The van der Waals surface area contributed by atoms with Crippen molar-refractivity contribution >= 4 is 28.8 Å². The van der Waals surface area contributed by atoms with Crippen molar-refractivity contribution in [3.05, 3.63) is 0 Å². The molecule has 11 heavy (non-hydrogen) atoms. The Morgan fingerprint density at radius 3 is 1.36 bits per heavy atom. The van der Waals surface area contributed by atoms with Crippen LogP contribution >= 0.6 is 17.0 Å².